The van der Waals surface area contributed by atoms with E-state index in [2.05, 4.69) is 5.32 Å². The van der Waals surface area contributed by atoms with E-state index in [4.69, 9.17) is 4.74 Å². The molecule has 5 nitrogen and oxygen atoms in total. The number of likely N-dealkylation sites (N-methyl/N-ethyl adjacent to an activating group) is 1. The number of hydrogen-bond donors (Lipinski definition) is 2. The third kappa shape index (κ3) is 6.03. The number of amides is 1. The summed E-state index contributed by atoms with van der Waals surface area (Å²) in [6.07, 6.45) is -0.599. The Morgan fingerprint density at radius 2 is 1.95 bits per heavy atom. The SMILES string of the molecule is CN(C)CCOc1ccccc1C(=O)NCC(O)C(C)(C)C. The zero-order valence-electron chi connectivity index (χ0n) is 14.2. The molecule has 1 rings (SSSR count). The summed E-state index contributed by atoms with van der Waals surface area (Å²) in [5.41, 5.74) is 0.219. The van der Waals surface area contributed by atoms with Gasteiger partial charge in [0.05, 0.1) is 11.7 Å². The fourth-order valence-electron chi connectivity index (χ4n) is 1.71. The van der Waals surface area contributed by atoms with Gasteiger partial charge in [0.2, 0.25) is 0 Å². The van der Waals surface area contributed by atoms with Crippen molar-refractivity contribution in [2.45, 2.75) is 26.9 Å². The summed E-state index contributed by atoms with van der Waals surface area (Å²) >= 11 is 0. The Hall–Kier alpha value is -1.59. The van der Waals surface area contributed by atoms with Crippen molar-refractivity contribution in [1.82, 2.24) is 10.2 Å². The molecule has 0 bridgehead atoms. The molecule has 22 heavy (non-hydrogen) atoms. The molecule has 0 fully saturated rings. The van der Waals surface area contributed by atoms with E-state index in [1.54, 1.807) is 18.2 Å². The van der Waals surface area contributed by atoms with Crippen molar-refractivity contribution in [1.29, 1.82) is 0 Å². The third-order valence-electron chi connectivity index (χ3n) is 3.38. The monoisotopic (exact) mass is 308 g/mol. The molecule has 0 aliphatic carbocycles. The predicted molar refractivity (Wildman–Crippen MR) is 88.3 cm³/mol. The summed E-state index contributed by atoms with van der Waals surface area (Å²) in [6.45, 7) is 7.31. The number of carbonyl (C=O) groups excluding carboxylic acids is 1. The molecule has 0 saturated carbocycles. The maximum atomic E-state index is 12.3. The fraction of sp³-hybridized carbons (Fsp3) is 0.588. The van der Waals surface area contributed by atoms with Crippen molar-refractivity contribution in [3.05, 3.63) is 29.8 Å². The molecular formula is C17H28N2O3. The predicted octanol–water partition coefficient (Wildman–Crippen LogP) is 1.76. The van der Waals surface area contributed by atoms with Crippen LogP contribution in [-0.2, 0) is 0 Å². The fourth-order valence-corrected chi connectivity index (χ4v) is 1.71. The van der Waals surface area contributed by atoms with Crippen LogP contribution < -0.4 is 10.1 Å². The Balaban J connectivity index is 2.65. The van der Waals surface area contributed by atoms with Gasteiger partial charge >= 0.3 is 0 Å². The molecule has 2 N–H and O–H groups in total. The molecule has 5 heteroatoms. The number of rotatable bonds is 7. The molecule has 1 aromatic carbocycles. The van der Waals surface area contributed by atoms with Crippen LogP contribution >= 0.6 is 0 Å². The lowest BCUT2D eigenvalue weighted by molar-refractivity contribution is 0.0586. The average molecular weight is 308 g/mol. The zero-order chi connectivity index (χ0) is 16.8. The van der Waals surface area contributed by atoms with Crippen LogP contribution in [0.4, 0.5) is 0 Å². The van der Waals surface area contributed by atoms with Gasteiger partial charge in [-0.3, -0.25) is 4.79 Å². The molecule has 1 atom stereocenters. The first kappa shape index (κ1) is 18.5. The number of nitrogens with one attached hydrogen (secondary N) is 1. The smallest absolute Gasteiger partial charge is 0.255 e. The summed E-state index contributed by atoms with van der Waals surface area (Å²) in [7, 11) is 3.94. The van der Waals surface area contributed by atoms with E-state index < -0.39 is 6.10 Å². The number of aliphatic hydroxyl groups excluding tert-OH is 1. The standard InChI is InChI=1S/C17H28N2O3/c1-17(2,3)15(20)12-18-16(21)13-8-6-7-9-14(13)22-11-10-19(4)5/h6-9,15,20H,10-12H2,1-5H3,(H,18,21). The third-order valence-corrected chi connectivity index (χ3v) is 3.38. The van der Waals surface area contributed by atoms with Crippen LogP contribution in [0, 0.1) is 5.41 Å². The lowest BCUT2D eigenvalue weighted by Gasteiger charge is -2.26. The topological polar surface area (TPSA) is 61.8 Å². The van der Waals surface area contributed by atoms with Crippen LogP contribution in [0.15, 0.2) is 24.3 Å². The van der Waals surface area contributed by atoms with E-state index in [9.17, 15) is 9.90 Å². The molecule has 1 amide bonds. The summed E-state index contributed by atoms with van der Waals surface area (Å²) < 4.78 is 5.68. The lowest BCUT2D eigenvalue weighted by Crippen LogP contribution is -2.39. The summed E-state index contributed by atoms with van der Waals surface area (Å²) in [5.74, 6) is 0.329. The number of ether oxygens (including phenoxy) is 1. The van der Waals surface area contributed by atoms with Crippen molar-refractivity contribution in [3.8, 4) is 5.75 Å². The number of nitrogens with zero attached hydrogens (tertiary/aromatic N) is 1. The molecule has 1 unspecified atom stereocenters. The molecule has 0 radical (unpaired) electrons. The molecular weight excluding hydrogens is 280 g/mol. The van der Waals surface area contributed by atoms with Crippen LogP contribution in [0.5, 0.6) is 5.75 Å². The van der Waals surface area contributed by atoms with E-state index in [0.717, 1.165) is 6.54 Å². The van der Waals surface area contributed by atoms with E-state index in [1.807, 2.05) is 45.8 Å². The lowest BCUT2D eigenvalue weighted by atomic mass is 9.89. The van der Waals surface area contributed by atoms with Crippen LogP contribution in [0.2, 0.25) is 0 Å². The maximum absolute atomic E-state index is 12.3. The van der Waals surface area contributed by atoms with E-state index in [-0.39, 0.29) is 17.9 Å². The normalized spacial score (nSPS) is 13.0. The van der Waals surface area contributed by atoms with Crippen molar-refractivity contribution in [2.75, 3.05) is 33.8 Å². The highest BCUT2D eigenvalue weighted by Crippen LogP contribution is 2.20. The van der Waals surface area contributed by atoms with E-state index in [1.165, 1.54) is 0 Å². The zero-order valence-corrected chi connectivity index (χ0v) is 14.2. The Kier molecular flexibility index (Phi) is 6.84. The minimum Gasteiger partial charge on any atom is -0.491 e. The Morgan fingerprint density at radius 3 is 2.55 bits per heavy atom. The van der Waals surface area contributed by atoms with Gasteiger partial charge in [-0.2, -0.15) is 0 Å². The van der Waals surface area contributed by atoms with Crippen LogP contribution in [0.25, 0.3) is 0 Å². The molecule has 0 aliphatic heterocycles. The second kappa shape index (κ2) is 8.15. The number of hydrogen-bond acceptors (Lipinski definition) is 4. The summed E-state index contributed by atoms with van der Waals surface area (Å²) in [6, 6.07) is 7.15. The van der Waals surface area contributed by atoms with Gasteiger partial charge in [0.15, 0.2) is 0 Å². The Morgan fingerprint density at radius 1 is 1.32 bits per heavy atom. The van der Waals surface area contributed by atoms with Gasteiger partial charge in [0.1, 0.15) is 12.4 Å². The highest BCUT2D eigenvalue weighted by Gasteiger charge is 2.23. The van der Waals surface area contributed by atoms with Crippen LogP contribution in [0.3, 0.4) is 0 Å². The molecule has 124 valence electrons. The first-order chi connectivity index (χ1) is 10.2. The second-order valence-electron chi connectivity index (χ2n) is 6.74. The van der Waals surface area contributed by atoms with Gasteiger partial charge < -0.3 is 20.1 Å². The van der Waals surface area contributed by atoms with Gasteiger partial charge in [-0.25, -0.2) is 0 Å². The Bertz CT molecular complexity index is 481. The number of aliphatic hydroxyl groups is 1. The van der Waals surface area contributed by atoms with Gasteiger partial charge in [-0.1, -0.05) is 32.9 Å². The molecule has 0 spiro atoms. The summed E-state index contributed by atoms with van der Waals surface area (Å²) in [4.78, 5) is 14.3. The quantitative estimate of drug-likeness (QED) is 0.806. The average Bonchev–Trinajstić information content (AvgIpc) is 2.43. The van der Waals surface area contributed by atoms with E-state index in [0.29, 0.717) is 17.9 Å². The largest absolute Gasteiger partial charge is 0.491 e. The van der Waals surface area contributed by atoms with Crippen molar-refractivity contribution >= 4 is 5.91 Å². The second-order valence-corrected chi connectivity index (χ2v) is 6.74. The molecule has 0 saturated heterocycles. The summed E-state index contributed by atoms with van der Waals surface area (Å²) in [5, 5.41) is 12.8. The highest BCUT2D eigenvalue weighted by molar-refractivity contribution is 5.96. The minimum absolute atomic E-state index is 0.217. The van der Waals surface area contributed by atoms with E-state index >= 15 is 0 Å². The first-order valence-corrected chi connectivity index (χ1v) is 7.54. The van der Waals surface area contributed by atoms with Crippen LogP contribution in [0.1, 0.15) is 31.1 Å². The van der Waals surface area contributed by atoms with Gasteiger partial charge in [-0.05, 0) is 31.6 Å². The number of benzene rings is 1. The van der Waals surface area contributed by atoms with Gasteiger partial charge in [0.25, 0.3) is 5.91 Å². The number of para-hydroxylation sites is 1. The van der Waals surface area contributed by atoms with Crippen molar-refractivity contribution in [3.63, 3.8) is 0 Å². The van der Waals surface area contributed by atoms with Gasteiger partial charge in [0, 0.05) is 13.1 Å². The highest BCUT2D eigenvalue weighted by atomic mass is 16.5. The first-order valence-electron chi connectivity index (χ1n) is 7.54. The van der Waals surface area contributed by atoms with Crippen molar-refractivity contribution < 1.29 is 14.6 Å². The molecule has 0 aromatic heterocycles. The maximum Gasteiger partial charge on any atom is 0.255 e. The van der Waals surface area contributed by atoms with Crippen molar-refractivity contribution in [2.24, 2.45) is 5.41 Å². The Labute approximate surface area is 133 Å². The molecule has 0 aliphatic rings. The molecule has 1 aromatic rings. The van der Waals surface area contributed by atoms with Crippen LogP contribution in [-0.4, -0.2) is 55.8 Å². The minimum atomic E-state index is -0.599. The molecule has 0 heterocycles. The number of carbonyl (C=O) groups is 1. The van der Waals surface area contributed by atoms with Gasteiger partial charge in [-0.15, -0.1) is 0 Å².